The number of aromatic nitrogens is 3. The Bertz CT molecular complexity index is 517. The maximum Gasteiger partial charge on any atom is 0.217 e. The molecule has 8 heteroatoms. The van der Waals surface area contributed by atoms with Gasteiger partial charge >= 0.3 is 0 Å². The molecule has 0 unspecified atom stereocenters. The standard InChI is InChI=1S/C7H9N7O/c8-6(11-13-9)7-10-3-4-1-2-5(15)14(4)12-7/h1-3,13,15H,9H2,(H2,8,11). The molecule has 0 aliphatic heterocycles. The van der Waals surface area contributed by atoms with Crippen molar-refractivity contribution in [1.29, 1.82) is 0 Å². The maximum absolute atomic E-state index is 9.40. The van der Waals surface area contributed by atoms with Gasteiger partial charge in [-0.25, -0.2) is 16.4 Å². The number of aromatic hydroxyl groups is 1. The first-order valence-electron chi connectivity index (χ1n) is 4.05. The second kappa shape index (κ2) is 3.42. The first-order chi connectivity index (χ1) is 7.22. The maximum atomic E-state index is 9.40. The van der Waals surface area contributed by atoms with Crippen LogP contribution in [0, 0.1) is 0 Å². The smallest absolute Gasteiger partial charge is 0.217 e. The molecule has 0 aromatic carbocycles. The van der Waals surface area contributed by atoms with Crippen molar-refractivity contribution < 1.29 is 5.11 Å². The van der Waals surface area contributed by atoms with Crippen molar-refractivity contribution in [3.63, 3.8) is 0 Å². The predicted octanol–water partition coefficient (Wildman–Crippen LogP) is -1.48. The van der Waals surface area contributed by atoms with E-state index in [2.05, 4.69) is 15.2 Å². The Morgan fingerprint density at radius 1 is 1.53 bits per heavy atom. The van der Waals surface area contributed by atoms with Crippen LogP contribution in [-0.4, -0.2) is 25.5 Å². The van der Waals surface area contributed by atoms with Crippen LogP contribution in [0.2, 0.25) is 0 Å². The van der Waals surface area contributed by atoms with E-state index in [0.29, 0.717) is 5.52 Å². The molecule has 15 heavy (non-hydrogen) atoms. The van der Waals surface area contributed by atoms with Crippen molar-refractivity contribution in [3.05, 3.63) is 24.2 Å². The van der Waals surface area contributed by atoms with Gasteiger partial charge < -0.3 is 10.8 Å². The zero-order valence-electron chi connectivity index (χ0n) is 7.62. The quantitative estimate of drug-likeness (QED) is 0.206. The summed E-state index contributed by atoms with van der Waals surface area (Å²) in [5.41, 5.74) is 8.19. The molecule has 0 aliphatic rings. The Morgan fingerprint density at radius 3 is 3.07 bits per heavy atom. The normalized spacial score (nSPS) is 11.9. The van der Waals surface area contributed by atoms with Crippen molar-refractivity contribution in [1.82, 2.24) is 20.1 Å². The molecule has 2 rings (SSSR count). The Balaban J connectivity index is 2.55. The van der Waals surface area contributed by atoms with Crippen molar-refractivity contribution >= 4 is 11.4 Å². The molecule has 2 aromatic heterocycles. The molecule has 78 valence electrons. The first-order valence-corrected chi connectivity index (χ1v) is 4.05. The van der Waals surface area contributed by atoms with Crippen molar-refractivity contribution in [2.75, 3.05) is 0 Å². The number of amidine groups is 1. The number of fused-ring (bicyclic) bond motifs is 1. The number of hydrogen-bond donors (Lipinski definition) is 4. The molecule has 0 amide bonds. The molecular formula is C7H9N7O. The molecule has 0 radical (unpaired) electrons. The van der Waals surface area contributed by atoms with Gasteiger partial charge in [0.15, 0.2) is 5.84 Å². The van der Waals surface area contributed by atoms with Crippen LogP contribution in [-0.2, 0) is 0 Å². The van der Waals surface area contributed by atoms with Gasteiger partial charge in [-0.05, 0) is 6.07 Å². The summed E-state index contributed by atoms with van der Waals surface area (Å²) in [6.45, 7) is 0. The van der Waals surface area contributed by atoms with Gasteiger partial charge in [0, 0.05) is 6.07 Å². The van der Waals surface area contributed by atoms with E-state index in [9.17, 15) is 5.11 Å². The third-order valence-corrected chi connectivity index (χ3v) is 1.79. The molecule has 0 atom stereocenters. The van der Waals surface area contributed by atoms with Crippen LogP contribution in [0.5, 0.6) is 5.88 Å². The van der Waals surface area contributed by atoms with Gasteiger partial charge in [0.2, 0.25) is 11.7 Å². The second-order valence-corrected chi connectivity index (χ2v) is 2.74. The topological polar surface area (TPSA) is 127 Å². The van der Waals surface area contributed by atoms with Gasteiger partial charge in [-0.2, -0.15) is 4.52 Å². The summed E-state index contributed by atoms with van der Waals surface area (Å²) < 4.78 is 1.29. The number of hydrazine groups is 1. The van der Waals surface area contributed by atoms with Crippen molar-refractivity contribution in [2.24, 2.45) is 16.7 Å². The molecule has 0 aliphatic carbocycles. The lowest BCUT2D eigenvalue weighted by molar-refractivity contribution is 0.438. The van der Waals surface area contributed by atoms with Gasteiger partial charge in [0.1, 0.15) is 0 Å². The van der Waals surface area contributed by atoms with Crippen LogP contribution >= 0.6 is 0 Å². The molecule has 6 N–H and O–H groups in total. The molecule has 0 fully saturated rings. The van der Waals surface area contributed by atoms with Crippen LogP contribution in [0.1, 0.15) is 5.82 Å². The molecule has 0 spiro atoms. The van der Waals surface area contributed by atoms with E-state index in [0.717, 1.165) is 0 Å². The third-order valence-electron chi connectivity index (χ3n) is 1.79. The molecule has 0 saturated heterocycles. The van der Waals surface area contributed by atoms with Gasteiger partial charge in [0.05, 0.1) is 11.7 Å². The highest BCUT2D eigenvalue weighted by molar-refractivity contribution is 5.93. The Labute approximate surface area is 84.2 Å². The average molecular weight is 207 g/mol. The number of hydrogen-bond acceptors (Lipinski definition) is 6. The predicted molar refractivity (Wildman–Crippen MR) is 52.7 cm³/mol. The summed E-state index contributed by atoms with van der Waals surface area (Å²) in [7, 11) is 0. The van der Waals surface area contributed by atoms with Crippen LogP contribution in [0.4, 0.5) is 0 Å². The molecule has 2 heterocycles. The van der Waals surface area contributed by atoms with E-state index < -0.39 is 0 Å². The van der Waals surface area contributed by atoms with Crippen LogP contribution in [0.25, 0.3) is 5.52 Å². The fourth-order valence-corrected chi connectivity index (χ4v) is 1.12. The minimum atomic E-state index is 0.00200. The molecule has 8 nitrogen and oxygen atoms in total. The largest absolute Gasteiger partial charge is 0.493 e. The fraction of sp³-hybridized carbons (Fsp3) is 0. The van der Waals surface area contributed by atoms with E-state index in [4.69, 9.17) is 11.6 Å². The minimum absolute atomic E-state index is 0.00200. The van der Waals surface area contributed by atoms with E-state index in [1.807, 2.05) is 5.53 Å². The van der Waals surface area contributed by atoms with E-state index in [1.165, 1.54) is 16.8 Å². The zero-order valence-corrected chi connectivity index (χ0v) is 7.62. The SMILES string of the molecule is NN/N=C(\N)c1ncc2ccc(O)n2n1. The number of nitrogens with zero attached hydrogens (tertiary/aromatic N) is 4. The highest BCUT2D eigenvalue weighted by Crippen LogP contribution is 2.12. The summed E-state index contributed by atoms with van der Waals surface area (Å²) in [6, 6.07) is 3.18. The third kappa shape index (κ3) is 1.53. The Hall–Kier alpha value is -2.35. The summed E-state index contributed by atoms with van der Waals surface area (Å²) in [5.74, 6) is 5.17. The van der Waals surface area contributed by atoms with Crippen LogP contribution < -0.4 is 17.1 Å². The monoisotopic (exact) mass is 207 g/mol. The van der Waals surface area contributed by atoms with E-state index >= 15 is 0 Å². The molecule has 0 bridgehead atoms. The summed E-state index contributed by atoms with van der Waals surface area (Å²) >= 11 is 0. The average Bonchev–Trinajstić information content (AvgIpc) is 2.60. The minimum Gasteiger partial charge on any atom is -0.493 e. The van der Waals surface area contributed by atoms with Crippen LogP contribution in [0.3, 0.4) is 0 Å². The fourth-order valence-electron chi connectivity index (χ4n) is 1.12. The molecular weight excluding hydrogens is 198 g/mol. The summed E-state index contributed by atoms with van der Waals surface area (Å²) in [5, 5.41) is 16.9. The lowest BCUT2D eigenvalue weighted by Gasteiger charge is -2.00. The van der Waals surface area contributed by atoms with Gasteiger partial charge in [-0.15, -0.1) is 10.2 Å². The van der Waals surface area contributed by atoms with Gasteiger partial charge in [-0.3, -0.25) is 0 Å². The van der Waals surface area contributed by atoms with E-state index in [-0.39, 0.29) is 17.5 Å². The number of nitrogens with one attached hydrogen (secondary N) is 1. The van der Waals surface area contributed by atoms with Crippen LogP contribution in [0.15, 0.2) is 23.4 Å². The molecule has 2 aromatic rings. The summed E-state index contributed by atoms with van der Waals surface area (Å²) in [4.78, 5) is 3.94. The van der Waals surface area contributed by atoms with Gasteiger partial charge in [-0.1, -0.05) is 0 Å². The lowest BCUT2D eigenvalue weighted by atomic mass is 10.5. The summed E-state index contributed by atoms with van der Waals surface area (Å²) in [6.07, 6.45) is 1.51. The Morgan fingerprint density at radius 2 is 2.33 bits per heavy atom. The highest BCUT2D eigenvalue weighted by atomic mass is 16.3. The number of nitrogens with two attached hydrogens (primary N) is 2. The highest BCUT2D eigenvalue weighted by Gasteiger charge is 2.06. The first kappa shape index (κ1) is 9.21. The van der Waals surface area contributed by atoms with Crippen molar-refractivity contribution in [3.8, 4) is 5.88 Å². The number of rotatable bonds is 2. The molecule has 0 saturated carbocycles. The lowest BCUT2D eigenvalue weighted by Crippen LogP contribution is -2.25. The zero-order chi connectivity index (χ0) is 10.8. The van der Waals surface area contributed by atoms with Gasteiger partial charge in [0.25, 0.3) is 0 Å². The Kier molecular flexibility index (Phi) is 2.10. The van der Waals surface area contributed by atoms with E-state index in [1.54, 1.807) is 6.07 Å². The van der Waals surface area contributed by atoms with Crippen molar-refractivity contribution in [2.45, 2.75) is 0 Å². The number of hydrazone groups is 1. The second-order valence-electron chi connectivity index (χ2n) is 2.74.